The largest absolute Gasteiger partial charge is 0.358 e. The van der Waals surface area contributed by atoms with Crippen molar-refractivity contribution in [2.24, 2.45) is 0 Å². The van der Waals surface area contributed by atoms with Crippen LogP contribution in [0.25, 0.3) is 11.6 Å². The normalized spacial score (nSPS) is 17.0. The van der Waals surface area contributed by atoms with E-state index in [9.17, 15) is 18.0 Å². The number of nitrogens with one attached hydrogen (secondary N) is 2. The molecule has 0 spiro atoms. The topological polar surface area (TPSA) is 103 Å². The molecule has 2 aliphatic heterocycles. The molecular weight excluding hydrogens is 559 g/mol. The van der Waals surface area contributed by atoms with Gasteiger partial charge in [0.15, 0.2) is 9.84 Å². The molecule has 1 saturated heterocycles. The standard InChI is InChI=1S/C28H28Cl2N4O4S/c1-16-25(31-17(2)26(16)28(36)34-11-9-33(3)10-12-34)14-20-19-13-18(7-8-24(19)32-27(20)35)39(37,38)15-21-22(29)5-4-6-23(21)30/h4-8,13-14,31H,9-12,15H2,1-3H3,(H,32,35)/b20-14-. The van der Waals surface area contributed by atoms with E-state index < -0.39 is 9.84 Å². The number of amides is 2. The summed E-state index contributed by atoms with van der Waals surface area (Å²) in [6.45, 7) is 6.63. The minimum atomic E-state index is -3.83. The summed E-state index contributed by atoms with van der Waals surface area (Å²) in [4.78, 5) is 33.6. The van der Waals surface area contributed by atoms with Crippen LogP contribution in [0.1, 0.15) is 38.4 Å². The lowest BCUT2D eigenvalue weighted by atomic mass is 10.0. The summed E-state index contributed by atoms with van der Waals surface area (Å²) < 4.78 is 26.6. The summed E-state index contributed by atoms with van der Waals surface area (Å²) in [5.41, 5.74) is 4.27. The van der Waals surface area contributed by atoms with Crippen molar-refractivity contribution in [2.75, 3.05) is 38.5 Å². The van der Waals surface area contributed by atoms with Crippen LogP contribution < -0.4 is 5.32 Å². The number of aromatic amines is 1. The fourth-order valence-electron chi connectivity index (χ4n) is 5.00. The van der Waals surface area contributed by atoms with Crippen molar-refractivity contribution in [2.45, 2.75) is 24.5 Å². The molecule has 0 atom stereocenters. The number of likely N-dealkylation sites (N-methyl/N-ethyl adjacent to an activating group) is 1. The Bertz CT molecular complexity index is 1620. The third-order valence-electron chi connectivity index (χ3n) is 7.30. The molecule has 1 fully saturated rings. The maximum Gasteiger partial charge on any atom is 0.256 e. The second-order valence-electron chi connectivity index (χ2n) is 9.94. The summed E-state index contributed by atoms with van der Waals surface area (Å²) in [6, 6.07) is 9.35. The molecule has 0 aliphatic carbocycles. The van der Waals surface area contributed by atoms with Gasteiger partial charge in [0, 0.05) is 64.4 Å². The number of halogens is 2. The lowest BCUT2D eigenvalue weighted by Crippen LogP contribution is -2.47. The van der Waals surface area contributed by atoms with Crippen molar-refractivity contribution in [3.8, 4) is 0 Å². The molecule has 2 aromatic carbocycles. The van der Waals surface area contributed by atoms with Crippen LogP contribution in [0, 0.1) is 13.8 Å². The quantitative estimate of drug-likeness (QED) is 0.418. The number of carbonyl (C=O) groups excluding carboxylic acids is 2. The van der Waals surface area contributed by atoms with Crippen molar-refractivity contribution in [3.05, 3.63) is 80.1 Å². The van der Waals surface area contributed by atoms with E-state index in [0.29, 0.717) is 46.7 Å². The van der Waals surface area contributed by atoms with Crippen LogP contribution in [0.4, 0.5) is 5.69 Å². The molecule has 0 radical (unpaired) electrons. The number of piperazine rings is 1. The number of rotatable bonds is 5. The van der Waals surface area contributed by atoms with Crippen LogP contribution in [-0.4, -0.2) is 68.2 Å². The molecule has 8 nitrogen and oxygen atoms in total. The van der Waals surface area contributed by atoms with Gasteiger partial charge >= 0.3 is 0 Å². The van der Waals surface area contributed by atoms with Crippen LogP contribution in [0.2, 0.25) is 10.0 Å². The SMILES string of the molecule is Cc1[nH]c(/C=C2\C(=O)Nc3ccc(S(=O)(=O)Cc4c(Cl)cccc4Cl)cc32)c(C)c1C(=O)N1CCN(C)CC1. The maximum absolute atomic E-state index is 13.3. The molecular formula is C28H28Cl2N4O4S. The van der Waals surface area contributed by atoms with E-state index in [1.807, 2.05) is 25.8 Å². The predicted molar refractivity (Wildman–Crippen MR) is 154 cm³/mol. The summed E-state index contributed by atoms with van der Waals surface area (Å²) in [7, 11) is -1.79. The fraction of sp³-hybridized carbons (Fsp3) is 0.286. The molecule has 2 amide bonds. The number of H-pyrrole nitrogens is 1. The van der Waals surface area contributed by atoms with Crippen molar-refractivity contribution in [1.82, 2.24) is 14.8 Å². The van der Waals surface area contributed by atoms with E-state index in [-0.39, 0.29) is 32.5 Å². The van der Waals surface area contributed by atoms with Crippen molar-refractivity contribution < 1.29 is 18.0 Å². The van der Waals surface area contributed by atoms with Gasteiger partial charge in [0.25, 0.3) is 11.8 Å². The molecule has 2 aliphatic rings. The maximum atomic E-state index is 13.3. The average Bonchev–Trinajstić information content (AvgIpc) is 3.35. The zero-order valence-corrected chi connectivity index (χ0v) is 24.1. The minimum absolute atomic E-state index is 0.0399. The summed E-state index contributed by atoms with van der Waals surface area (Å²) in [5, 5.41) is 3.33. The smallest absolute Gasteiger partial charge is 0.256 e. The van der Waals surface area contributed by atoms with E-state index in [2.05, 4.69) is 15.2 Å². The molecule has 0 unspecified atom stereocenters. The van der Waals surface area contributed by atoms with Gasteiger partial charge in [-0.15, -0.1) is 0 Å². The first kappa shape index (κ1) is 27.5. The number of sulfone groups is 1. The lowest BCUT2D eigenvalue weighted by Gasteiger charge is -2.32. The van der Waals surface area contributed by atoms with Crippen LogP contribution in [0.3, 0.4) is 0 Å². The molecule has 11 heteroatoms. The predicted octanol–water partition coefficient (Wildman–Crippen LogP) is 4.79. The molecule has 3 heterocycles. The Balaban J connectivity index is 1.48. The van der Waals surface area contributed by atoms with Gasteiger partial charge in [-0.3, -0.25) is 9.59 Å². The first-order chi connectivity index (χ1) is 18.5. The zero-order chi connectivity index (χ0) is 28.1. The van der Waals surface area contributed by atoms with Gasteiger partial charge in [-0.2, -0.15) is 0 Å². The van der Waals surface area contributed by atoms with Crippen molar-refractivity contribution in [3.63, 3.8) is 0 Å². The number of hydrogen-bond acceptors (Lipinski definition) is 5. The van der Waals surface area contributed by atoms with Crippen LogP contribution in [-0.2, 0) is 20.4 Å². The van der Waals surface area contributed by atoms with Gasteiger partial charge in [0.05, 0.1) is 21.8 Å². The molecule has 3 aromatic rings. The number of anilines is 1. The van der Waals surface area contributed by atoms with Gasteiger partial charge in [0.1, 0.15) is 0 Å². The van der Waals surface area contributed by atoms with Gasteiger partial charge in [-0.05, 0) is 62.9 Å². The van der Waals surface area contributed by atoms with Gasteiger partial charge < -0.3 is 20.1 Å². The Morgan fingerprint density at radius 3 is 2.38 bits per heavy atom. The molecule has 5 rings (SSSR count). The number of carbonyl (C=O) groups is 2. The Kier molecular flexibility index (Phi) is 7.37. The third kappa shape index (κ3) is 5.24. The fourth-order valence-corrected chi connectivity index (χ4v) is 7.12. The molecule has 2 N–H and O–H groups in total. The Hall–Kier alpha value is -3.11. The highest BCUT2D eigenvalue weighted by molar-refractivity contribution is 7.90. The lowest BCUT2D eigenvalue weighted by molar-refractivity contribution is -0.110. The monoisotopic (exact) mass is 586 g/mol. The number of aryl methyl sites for hydroxylation is 1. The molecule has 39 heavy (non-hydrogen) atoms. The van der Waals surface area contributed by atoms with E-state index in [0.717, 1.165) is 24.3 Å². The molecule has 0 saturated carbocycles. The first-order valence-electron chi connectivity index (χ1n) is 12.5. The van der Waals surface area contributed by atoms with Gasteiger partial charge in [0.2, 0.25) is 0 Å². The van der Waals surface area contributed by atoms with E-state index in [1.165, 1.54) is 12.1 Å². The second-order valence-corrected chi connectivity index (χ2v) is 12.7. The summed E-state index contributed by atoms with van der Waals surface area (Å²) in [5.74, 6) is -0.772. The van der Waals surface area contributed by atoms with E-state index in [4.69, 9.17) is 23.2 Å². The highest BCUT2D eigenvalue weighted by Crippen LogP contribution is 2.37. The molecule has 1 aromatic heterocycles. The van der Waals surface area contributed by atoms with Crippen LogP contribution in [0.5, 0.6) is 0 Å². The number of hydrogen-bond donors (Lipinski definition) is 2. The van der Waals surface area contributed by atoms with E-state index in [1.54, 1.807) is 30.3 Å². The van der Waals surface area contributed by atoms with Crippen LogP contribution >= 0.6 is 23.2 Å². The zero-order valence-electron chi connectivity index (χ0n) is 21.8. The van der Waals surface area contributed by atoms with Gasteiger partial charge in [-0.25, -0.2) is 8.42 Å². The Morgan fingerprint density at radius 1 is 1.05 bits per heavy atom. The number of aromatic nitrogens is 1. The summed E-state index contributed by atoms with van der Waals surface area (Å²) >= 11 is 12.4. The van der Waals surface area contributed by atoms with E-state index >= 15 is 0 Å². The average molecular weight is 588 g/mol. The third-order valence-corrected chi connectivity index (χ3v) is 9.65. The Morgan fingerprint density at radius 2 is 1.72 bits per heavy atom. The van der Waals surface area contributed by atoms with Crippen molar-refractivity contribution in [1.29, 1.82) is 0 Å². The second kappa shape index (κ2) is 10.5. The summed E-state index contributed by atoms with van der Waals surface area (Å²) in [6.07, 6.45) is 1.67. The first-order valence-corrected chi connectivity index (χ1v) is 14.9. The van der Waals surface area contributed by atoms with Crippen molar-refractivity contribution >= 4 is 62.2 Å². The highest BCUT2D eigenvalue weighted by atomic mass is 35.5. The van der Waals surface area contributed by atoms with Gasteiger partial charge in [-0.1, -0.05) is 29.3 Å². The highest BCUT2D eigenvalue weighted by Gasteiger charge is 2.30. The minimum Gasteiger partial charge on any atom is -0.358 e. The number of fused-ring (bicyclic) bond motifs is 1. The number of nitrogens with zero attached hydrogens (tertiary/aromatic N) is 2. The molecule has 204 valence electrons. The number of benzene rings is 2. The Labute approximate surface area is 237 Å². The molecule has 0 bridgehead atoms. The van der Waals surface area contributed by atoms with Crippen LogP contribution in [0.15, 0.2) is 41.3 Å².